The molecule has 1 aromatic carbocycles. The predicted octanol–water partition coefficient (Wildman–Crippen LogP) is 3.00. The Bertz CT molecular complexity index is 474. The molecule has 0 bridgehead atoms. The summed E-state index contributed by atoms with van der Waals surface area (Å²) in [6, 6.07) is 6.55. The molecule has 1 rings (SSSR count). The van der Waals surface area contributed by atoms with E-state index in [4.69, 9.17) is 4.18 Å². The molecule has 0 amide bonds. The van der Waals surface area contributed by atoms with Crippen LogP contribution >= 0.6 is 15.9 Å². The van der Waals surface area contributed by atoms with Gasteiger partial charge in [-0.15, -0.1) is 0 Å². The fourth-order valence-corrected chi connectivity index (χ4v) is 2.14. The molecule has 5 heteroatoms. The van der Waals surface area contributed by atoms with Crippen molar-refractivity contribution in [1.29, 1.82) is 0 Å². The molecular weight excluding hydrogens is 292 g/mol. The van der Waals surface area contributed by atoms with Crippen LogP contribution in [0.15, 0.2) is 39.7 Å². The summed E-state index contributed by atoms with van der Waals surface area (Å²) >= 11 is 3.19. The van der Waals surface area contributed by atoms with E-state index in [9.17, 15) is 8.42 Å². The Morgan fingerprint density at radius 2 is 1.94 bits per heavy atom. The first-order valence-electron chi connectivity index (χ1n) is 4.72. The van der Waals surface area contributed by atoms with Crippen LogP contribution in [0.3, 0.4) is 0 Å². The van der Waals surface area contributed by atoms with E-state index in [0.29, 0.717) is 4.48 Å². The summed E-state index contributed by atoms with van der Waals surface area (Å²) in [5, 5.41) is 0. The van der Waals surface area contributed by atoms with Gasteiger partial charge in [0.15, 0.2) is 0 Å². The molecule has 0 saturated heterocycles. The lowest BCUT2D eigenvalue weighted by atomic mass is 10.2. The zero-order chi connectivity index (χ0) is 12.2. The number of aryl methyl sites for hydroxylation is 1. The maximum absolute atomic E-state index is 11.7. The van der Waals surface area contributed by atoms with E-state index >= 15 is 0 Å². The summed E-state index contributed by atoms with van der Waals surface area (Å²) in [7, 11) is -3.65. The smallest absolute Gasteiger partial charge is 0.261 e. The fraction of sp³-hybridized carbons (Fsp3) is 0.273. The minimum atomic E-state index is -3.65. The van der Waals surface area contributed by atoms with Gasteiger partial charge in [0.2, 0.25) is 0 Å². The largest absolute Gasteiger partial charge is 0.297 e. The van der Waals surface area contributed by atoms with E-state index in [0.717, 1.165) is 5.56 Å². The monoisotopic (exact) mass is 304 g/mol. The zero-order valence-electron chi connectivity index (χ0n) is 9.10. The Labute approximate surface area is 104 Å². The Kier molecular flexibility index (Phi) is 4.70. The van der Waals surface area contributed by atoms with Crippen LogP contribution in [0.2, 0.25) is 0 Å². The highest BCUT2D eigenvalue weighted by atomic mass is 79.9. The zero-order valence-corrected chi connectivity index (χ0v) is 11.5. The lowest BCUT2D eigenvalue weighted by Gasteiger charge is -2.05. The van der Waals surface area contributed by atoms with Gasteiger partial charge in [0.25, 0.3) is 10.1 Å². The highest BCUT2D eigenvalue weighted by Crippen LogP contribution is 2.15. The van der Waals surface area contributed by atoms with Crippen LogP contribution in [0.25, 0.3) is 0 Å². The van der Waals surface area contributed by atoms with Gasteiger partial charge in [0, 0.05) is 4.48 Å². The Hall–Kier alpha value is -0.650. The number of rotatable bonds is 4. The summed E-state index contributed by atoms with van der Waals surface area (Å²) < 4.78 is 28.9. The molecule has 0 atom stereocenters. The van der Waals surface area contributed by atoms with Crippen molar-refractivity contribution in [3.05, 3.63) is 40.4 Å². The van der Waals surface area contributed by atoms with Crippen LogP contribution in [-0.4, -0.2) is 15.0 Å². The second kappa shape index (κ2) is 5.61. The molecule has 0 aromatic heterocycles. The highest BCUT2D eigenvalue weighted by Gasteiger charge is 2.14. The Morgan fingerprint density at radius 3 is 2.44 bits per heavy atom. The van der Waals surface area contributed by atoms with Crippen molar-refractivity contribution < 1.29 is 12.6 Å². The quantitative estimate of drug-likeness (QED) is 0.803. The second-order valence-electron chi connectivity index (χ2n) is 3.26. The average molecular weight is 305 g/mol. The number of halogens is 1. The maximum atomic E-state index is 11.7. The van der Waals surface area contributed by atoms with Crippen molar-refractivity contribution in [2.45, 2.75) is 18.7 Å². The molecule has 0 aliphatic rings. The summed E-state index contributed by atoms with van der Waals surface area (Å²) in [5.74, 6) is 0. The van der Waals surface area contributed by atoms with E-state index in [2.05, 4.69) is 15.9 Å². The average Bonchev–Trinajstić information content (AvgIpc) is 2.26. The number of hydrogen-bond acceptors (Lipinski definition) is 3. The molecule has 3 nitrogen and oxygen atoms in total. The van der Waals surface area contributed by atoms with Crippen LogP contribution in [-0.2, 0) is 14.3 Å². The maximum Gasteiger partial charge on any atom is 0.297 e. The Morgan fingerprint density at radius 1 is 1.38 bits per heavy atom. The van der Waals surface area contributed by atoms with Crippen molar-refractivity contribution >= 4 is 26.0 Å². The van der Waals surface area contributed by atoms with Gasteiger partial charge in [0.05, 0.1) is 11.5 Å². The summed E-state index contributed by atoms with van der Waals surface area (Å²) in [6.07, 6.45) is 1.74. The van der Waals surface area contributed by atoms with Gasteiger partial charge in [-0.05, 0) is 26.0 Å². The molecule has 88 valence electrons. The van der Waals surface area contributed by atoms with Crippen molar-refractivity contribution in [3.8, 4) is 0 Å². The molecule has 0 heterocycles. The third kappa shape index (κ3) is 3.73. The highest BCUT2D eigenvalue weighted by molar-refractivity contribution is 9.11. The minimum Gasteiger partial charge on any atom is -0.261 e. The van der Waals surface area contributed by atoms with Gasteiger partial charge in [-0.2, -0.15) is 8.42 Å². The molecule has 1 aromatic rings. The molecule has 0 saturated carbocycles. The first-order valence-corrected chi connectivity index (χ1v) is 6.92. The molecular formula is C11H13BrO3S. The van der Waals surface area contributed by atoms with Crippen molar-refractivity contribution in [3.63, 3.8) is 0 Å². The topological polar surface area (TPSA) is 43.4 Å². The van der Waals surface area contributed by atoms with Crippen LogP contribution in [0.1, 0.15) is 12.5 Å². The first-order chi connectivity index (χ1) is 7.45. The van der Waals surface area contributed by atoms with Gasteiger partial charge in [0.1, 0.15) is 0 Å². The van der Waals surface area contributed by atoms with E-state index < -0.39 is 10.1 Å². The third-order valence-corrected chi connectivity index (χ3v) is 3.94. The van der Waals surface area contributed by atoms with Gasteiger partial charge in [-0.1, -0.05) is 39.7 Å². The summed E-state index contributed by atoms with van der Waals surface area (Å²) in [4.78, 5) is 0.175. The first kappa shape index (κ1) is 13.4. The lowest BCUT2D eigenvalue weighted by Crippen LogP contribution is -2.07. The molecule has 0 N–H and O–H groups in total. The molecule has 16 heavy (non-hydrogen) atoms. The van der Waals surface area contributed by atoms with Crippen LogP contribution in [0, 0.1) is 6.92 Å². The summed E-state index contributed by atoms with van der Waals surface area (Å²) in [5.41, 5.74) is 1.01. The van der Waals surface area contributed by atoms with Crippen molar-refractivity contribution in [2.75, 3.05) is 6.61 Å². The fourth-order valence-electron chi connectivity index (χ4n) is 0.990. The second-order valence-corrected chi connectivity index (χ2v) is 5.90. The standard InChI is InChI=1S/C11H13BrO3S/c1-3-10(12)8-15-16(13,14)11-6-4-9(2)5-7-11/h3-7H,8H2,1-2H3/b10-3+. The van der Waals surface area contributed by atoms with Crippen LogP contribution in [0.5, 0.6) is 0 Å². The molecule has 0 unspecified atom stereocenters. The van der Waals surface area contributed by atoms with Gasteiger partial charge < -0.3 is 0 Å². The lowest BCUT2D eigenvalue weighted by molar-refractivity contribution is 0.355. The number of allylic oxidation sites excluding steroid dienone is 1. The number of hydrogen-bond donors (Lipinski definition) is 0. The SMILES string of the molecule is C/C=C(/Br)COS(=O)(=O)c1ccc(C)cc1. The van der Waals surface area contributed by atoms with Gasteiger partial charge >= 0.3 is 0 Å². The van der Waals surface area contributed by atoms with E-state index in [1.165, 1.54) is 12.1 Å². The molecule has 0 spiro atoms. The van der Waals surface area contributed by atoms with Gasteiger partial charge in [-0.3, -0.25) is 4.18 Å². The van der Waals surface area contributed by atoms with Crippen molar-refractivity contribution in [1.82, 2.24) is 0 Å². The van der Waals surface area contributed by atoms with Crippen LogP contribution < -0.4 is 0 Å². The number of benzene rings is 1. The van der Waals surface area contributed by atoms with Crippen molar-refractivity contribution in [2.24, 2.45) is 0 Å². The van der Waals surface area contributed by atoms with E-state index in [1.54, 1.807) is 25.1 Å². The predicted molar refractivity (Wildman–Crippen MR) is 67.0 cm³/mol. The molecule has 0 radical (unpaired) electrons. The summed E-state index contributed by atoms with van der Waals surface area (Å²) in [6.45, 7) is 3.71. The van der Waals surface area contributed by atoms with E-state index in [-0.39, 0.29) is 11.5 Å². The molecule has 0 aliphatic carbocycles. The van der Waals surface area contributed by atoms with Gasteiger partial charge in [-0.25, -0.2) is 0 Å². The molecule has 0 aliphatic heterocycles. The molecule has 0 fully saturated rings. The minimum absolute atomic E-state index is 0.0205. The normalized spacial score (nSPS) is 12.8. The third-order valence-electron chi connectivity index (χ3n) is 1.97. The Balaban J connectivity index is 2.82. The van der Waals surface area contributed by atoms with Crippen LogP contribution in [0.4, 0.5) is 0 Å². The van der Waals surface area contributed by atoms with E-state index in [1.807, 2.05) is 6.92 Å².